The molecule has 0 saturated heterocycles. The van der Waals surface area contributed by atoms with Gasteiger partial charge in [-0.1, -0.05) is 101 Å². The monoisotopic (exact) mass is 754 g/mol. The van der Waals surface area contributed by atoms with Gasteiger partial charge in [-0.25, -0.2) is 18.3 Å². The van der Waals surface area contributed by atoms with E-state index in [0.717, 1.165) is 84.0 Å². The second-order valence-electron chi connectivity index (χ2n) is 16.0. The molecule has 7 rings (SSSR count). The van der Waals surface area contributed by atoms with Crippen molar-refractivity contribution in [2.24, 2.45) is 0 Å². The first-order valence-corrected chi connectivity index (χ1v) is 21.5. The number of fused-ring (bicyclic) bond motifs is 2. The second kappa shape index (κ2) is 18.3. The SMILES string of the molecule is CCCCCCCC[n+]1ccn(CCn2c(C)c(C3=C([O-])/C(=C4/C(C)=[N+](CCn5cc[n+](CCCCCCCC)c5)c5ccccc54)C3=O)c3ccccc32)c1. The first kappa shape index (κ1) is 39.3. The van der Waals surface area contributed by atoms with Gasteiger partial charge in [0.15, 0.2) is 18.0 Å². The fourth-order valence-corrected chi connectivity index (χ4v) is 8.90. The standard InChI is InChI=1S/C48H62N6O2/c1-5-7-9-11-13-19-25-49-27-29-51(35-49)31-33-53-37(3)43(39-21-15-17-23-41(39)53)45-47(55)46(48(45)56)44-38(4)54(42-24-18-16-22-40(42)44)34-32-52-30-28-50(36-52)26-20-14-12-10-8-6-2/h15-18,21-24,27-30,35-36H,5-14,19-20,25-26,31-34H2,1-4H3/q+2. The van der Waals surface area contributed by atoms with Gasteiger partial charge in [0.05, 0.1) is 30.8 Å². The van der Waals surface area contributed by atoms with Gasteiger partial charge in [-0.2, -0.15) is 4.58 Å². The van der Waals surface area contributed by atoms with Gasteiger partial charge in [0.25, 0.3) is 0 Å². The minimum absolute atomic E-state index is 0.144. The summed E-state index contributed by atoms with van der Waals surface area (Å²) >= 11 is 0. The Kier molecular flexibility index (Phi) is 12.8. The molecule has 5 aromatic rings. The number of carbonyl (C=O) groups is 1. The van der Waals surface area contributed by atoms with E-state index < -0.39 is 0 Å². The molecule has 0 bridgehead atoms. The lowest BCUT2D eigenvalue weighted by Gasteiger charge is -2.32. The van der Waals surface area contributed by atoms with Crippen LogP contribution in [0.1, 0.15) is 115 Å². The number of unbranched alkanes of at least 4 members (excludes halogenated alkanes) is 10. The highest BCUT2D eigenvalue weighted by molar-refractivity contribution is 6.46. The lowest BCUT2D eigenvalue weighted by Crippen LogP contribution is -2.31. The molecule has 56 heavy (non-hydrogen) atoms. The Morgan fingerprint density at radius 1 is 0.625 bits per heavy atom. The van der Waals surface area contributed by atoms with Crippen molar-refractivity contribution in [3.63, 3.8) is 0 Å². The number of hydrogen-bond acceptors (Lipinski definition) is 2. The molecule has 1 aliphatic heterocycles. The molecule has 0 radical (unpaired) electrons. The predicted octanol–water partition coefficient (Wildman–Crippen LogP) is 8.48. The molecule has 0 atom stereocenters. The largest absolute Gasteiger partial charge is 0.871 e. The maximum Gasteiger partial charge on any atom is 0.243 e. The lowest BCUT2D eigenvalue weighted by molar-refractivity contribution is -0.697. The van der Waals surface area contributed by atoms with Gasteiger partial charge < -0.3 is 9.67 Å². The molecule has 2 aromatic carbocycles. The van der Waals surface area contributed by atoms with Crippen molar-refractivity contribution in [1.29, 1.82) is 0 Å². The zero-order valence-electron chi connectivity index (χ0n) is 34.3. The molecular weight excluding hydrogens is 693 g/mol. The van der Waals surface area contributed by atoms with Crippen molar-refractivity contribution >= 4 is 39.2 Å². The summed E-state index contributed by atoms with van der Waals surface area (Å²) in [7, 11) is 0. The van der Waals surface area contributed by atoms with E-state index in [0.29, 0.717) is 11.1 Å². The Morgan fingerprint density at radius 3 is 1.88 bits per heavy atom. The van der Waals surface area contributed by atoms with Crippen LogP contribution in [0.15, 0.2) is 97.3 Å². The molecule has 0 N–H and O–H groups in total. The maximum absolute atomic E-state index is 14.3. The lowest BCUT2D eigenvalue weighted by atomic mass is 9.78. The van der Waals surface area contributed by atoms with Crippen molar-refractivity contribution in [1.82, 2.24) is 13.7 Å². The van der Waals surface area contributed by atoms with Crippen LogP contribution in [0.4, 0.5) is 5.69 Å². The van der Waals surface area contributed by atoms with Crippen LogP contribution in [0.2, 0.25) is 0 Å². The Morgan fingerprint density at radius 2 is 1.21 bits per heavy atom. The van der Waals surface area contributed by atoms with Crippen LogP contribution in [0.5, 0.6) is 0 Å². The molecule has 4 heterocycles. The van der Waals surface area contributed by atoms with Gasteiger partial charge in [-0.15, -0.1) is 0 Å². The van der Waals surface area contributed by atoms with E-state index in [1.54, 1.807) is 0 Å². The molecular formula is C48H62N6O2+2. The molecule has 294 valence electrons. The summed E-state index contributed by atoms with van der Waals surface area (Å²) in [6, 6.07) is 16.4. The predicted molar refractivity (Wildman–Crippen MR) is 223 cm³/mol. The number of nitrogens with zero attached hydrogens (tertiary/aromatic N) is 6. The third-order valence-electron chi connectivity index (χ3n) is 12.1. The van der Waals surface area contributed by atoms with Crippen LogP contribution >= 0.6 is 0 Å². The number of para-hydroxylation sites is 2. The minimum Gasteiger partial charge on any atom is -0.871 e. The number of imidazole rings is 2. The van der Waals surface area contributed by atoms with E-state index in [4.69, 9.17) is 0 Å². The zero-order chi connectivity index (χ0) is 39.0. The fraction of sp³-hybridized carbons (Fsp3) is 0.458. The summed E-state index contributed by atoms with van der Waals surface area (Å²) in [5.41, 5.74) is 7.22. The van der Waals surface area contributed by atoms with Gasteiger partial charge in [0.2, 0.25) is 18.3 Å². The Bertz CT molecular complexity index is 2260. The Hall–Kier alpha value is -4.98. The van der Waals surface area contributed by atoms with E-state index in [1.807, 2.05) is 24.3 Å². The molecule has 8 heteroatoms. The van der Waals surface area contributed by atoms with E-state index in [1.165, 1.54) is 77.0 Å². The van der Waals surface area contributed by atoms with E-state index in [2.05, 4.69) is 117 Å². The quantitative estimate of drug-likeness (QED) is 0.0429. The zero-order valence-corrected chi connectivity index (χ0v) is 34.3. The summed E-state index contributed by atoms with van der Waals surface area (Å²) in [6.07, 6.45) is 28.5. The number of Topliss-reactive ketones (excluding diaryl/α,β-unsaturated/α-hetero) is 1. The van der Waals surface area contributed by atoms with Gasteiger partial charge >= 0.3 is 0 Å². The summed E-state index contributed by atoms with van der Waals surface area (Å²) in [5.74, 6) is -0.288. The molecule has 0 spiro atoms. The number of benzene rings is 2. The molecule has 0 unspecified atom stereocenters. The number of hydrogen-bond donors (Lipinski definition) is 0. The van der Waals surface area contributed by atoms with Crippen molar-refractivity contribution in [3.8, 4) is 0 Å². The summed E-state index contributed by atoms with van der Waals surface area (Å²) in [5, 5.41) is 15.3. The molecule has 0 amide bonds. The molecule has 1 aliphatic carbocycles. The molecule has 8 nitrogen and oxygen atoms in total. The Balaban J connectivity index is 1.09. The topological polar surface area (TPSA) is 65.7 Å². The third kappa shape index (κ3) is 8.25. The van der Waals surface area contributed by atoms with Gasteiger partial charge in [-0.05, 0) is 44.7 Å². The van der Waals surface area contributed by atoms with Crippen molar-refractivity contribution in [2.45, 2.75) is 137 Å². The average molecular weight is 755 g/mol. The smallest absolute Gasteiger partial charge is 0.243 e. The van der Waals surface area contributed by atoms with Crippen LogP contribution in [-0.4, -0.2) is 36.3 Å². The number of carbonyl (C=O) groups excluding carboxylic acids is 1. The molecule has 0 saturated carbocycles. The second-order valence-corrected chi connectivity index (χ2v) is 16.0. The van der Waals surface area contributed by atoms with Crippen molar-refractivity contribution in [2.75, 3.05) is 6.54 Å². The molecule has 2 aliphatic rings. The normalized spacial score (nSPS) is 15.5. The average Bonchev–Trinajstić information content (AvgIpc) is 3.98. The number of aryl methyl sites for hydroxylation is 4. The van der Waals surface area contributed by atoms with Crippen LogP contribution in [0.25, 0.3) is 22.0 Å². The highest BCUT2D eigenvalue weighted by Gasteiger charge is 2.41. The van der Waals surface area contributed by atoms with Crippen LogP contribution in [0.3, 0.4) is 0 Å². The van der Waals surface area contributed by atoms with Crippen LogP contribution in [-0.2, 0) is 37.5 Å². The highest BCUT2D eigenvalue weighted by atomic mass is 16.3. The summed E-state index contributed by atoms with van der Waals surface area (Å²) in [6.45, 7) is 13.8. The van der Waals surface area contributed by atoms with E-state index >= 15 is 0 Å². The summed E-state index contributed by atoms with van der Waals surface area (Å²) < 4.78 is 13.6. The van der Waals surface area contributed by atoms with E-state index in [9.17, 15) is 9.90 Å². The van der Waals surface area contributed by atoms with E-state index in [-0.39, 0.29) is 11.5 Å². The van der Waals surface area contributed by atoms with Crippen molar-refractivity contribution < 1.29 is 23.6 Å². The van der Waals surface area contributed by atoms with Gasteiger partial charge in [0.1, 0.15) is 37.9 Å². The fourth-order valence-electron chi connectivity index (χ4n) is 8.90. The number of rotatable bonds is 21. The summed E-state index contributed by atoms with van der Waals surface area (Å²) in [4.78, 5) is 14.3. The highest BCUT2D eigenvalue weighted by Crippen LogP contribution is 2.46. The molecule has 3 aromatic heterocycles. The van der Waals surface area contributed by atoms with Crippen LogP contribution < -0.4 is 14.2 Å². The Labute approximate surface area is 333 Å². The number of aromatic nitrogens is 5. The van der Waals surface area contributed by atoms with Crippen molar-refractivity contribution in [3.05, 3.63) is 114 Å². The van der Waals surface area contributed by atoms with Gasteiger partial charge in [0, 0.05) is 46.3 Å². The first-order valence-electron chi connectivity index (χ1n) is 21.5. The minimum atomic E-state index is -0.144. The van der Waals surface area contributed by atoms with Gasteiger partial charge in [-0.3, -0.25) is 4.79 Å². The number of allylic oxidation sites excluding steroid dienone is 3. The first-order chi connectivity index (χ1) is 27.4. The number of ketones is 1. The third-order valence-corrected chi connectivity index (χ3v) is 12.1. The van der Waals surface area contributed by atoms with Crippen LogP contribution in [0, 0.1) is 6.92 Å². The molecule has 0 fully saturated rings. The maximum atomic E-state index is 14.3.